The number of carbonyl (C=O) groups is 1. The van der Waals surface area contributed by atoms with E-state index in [2.05, 4.69) is 32.7 Å². The molecule has 2 aromatic heterocycles. The summed E-state index contributed by atoms with van der Waals surface area (Å²) in [7, 11) is 0. The molecule has 2 N–H and O–H groups in total. The highest BCUT2D eigenvalue weighted by Gasteiger charge is 2.36. The molecule has 0 bridgehead atoms. The van der Waals surface area contributed by atoms with Gasteiger partial charge in [-0.15, -0.1) is 22.7 Å². The Bertz CT molecular complexity index is 998. The van der Waals surface area contributed by atoms with Gasteiger partial charge in [0.05, 0.1) is 16.3 Å². The summed E-state index contributed by atoms with van der Waals surface area (Å²) in [4.78, 5) is 20.9. The van der Waals surface area contributed by atoms with Gasteiger partial charge in [0.25, 0.3) is 5.91 Å². The molecule has 2 fully saturated rings. The molecular weight excluding hydrogens is 412 g/mol. The third kappa shape index (κ3) is 4.02. The van der Waals surface area contributed by atoms with Gasteiger partial charge >= 0.3 is 0 Å². The smallest absolute Gasteiger partial charge is 0.275 e. The van der Waals surface area contributed by atoms with Gasteiger partial charge in [-0.05, 0) is 61.2 Å². The summed E-state index contributed by atoms with van der Waals surface area (Å²) in [6, 6.07) is 12.2. The van der Waals surface area contributed by atoms with Crippen molar-refractivity contribution in [1.82, 2.24) is 10.3 Å². The summed E-state index contributed by atoms with van der Waals surface area (Å²) >= 11 is 3.15. The van der Waals surface area contributed by atoms with E-state index in [1.807, 2.05) is 35.0 Å². The van der Waals surface area contributed by atoms with Crippen molar-refractivity contribution >= 4 is 40.0 Å². The van der Waals surface area contributed by atoms with Gasteiger partial charge in [-0.1, -0.05) is 18.2 Å². The largest absolute Gasteiger partial charge is 0.370 e. The van der Waals surface area contributed by atoms with Crippen molar-refractivity contribution in [2.24, 2.45) is 5.41 Å². The van der Waals surface area contributed by atoms with Crippen LogP contribution < -0.4 is 15.5 Å². The first-order valence-electron chi connectivity index (χ1n) is 10.6. The summed E-state index contributed by atoms with van der Waals surface area (Å²) in [6.45, 7) is 4.38. The van der Waals surface area contributed by atoms with Crippen LogP contribution in [0.25, 0.3) is 9.88 Å². The maximum atomic E-state index is 12.9. The van der Waals surface area contributed by atoms with Crippen LogP contribution in [0.15, 0.2) is 47.2 Å². The molecule has 0 unspecified atom stereocenters. The van der Waals surface area contributed by atoms with E-state index in [0.29, 0.717) is 11.1 Å². The van der Waals surface area contributed by atoms with Crippen molar-refractivity contribution < 1.29 is 4.79 Å². The highest BCUT2D eigenvalue weighted by molar-refractivity contribution is 7.20. The third-order valence-corrected chi connectivity index (χ3v) is 8.23. The third-order valence-electron chi connectivity index (χ3n) is 6.35. The van der Waals surface area contributed by atoms with Gasteiger partial charge in [0.1, 0.15) is 10.7 Å². The van der Waals surface area contributed by atoms with Gasteiger partial charge in [-0.25, -0.2) is 4.98 Å². The zero-order valence-electron chi connectivity index (χ0n) is 16.9. The zero-order chi connectivity index (χ0) is 20.4. The molecule has 5 nitrogen and oxygen atoms in total. The second-order valence-corrected chi connectivity index (χ2v) is 10.1. The number of aromatic nitrogens is 1. The Morgan fingerprint density at radius 1 is 1.10 bits per heavy atom. The fraction of sp³-hybridized carbons (Fsp3) is 0.391. The van der Waals surface area contributed by atoms with Crippen LogP contribution in [0.3, 0.4) is 0 Å². The number of para-hydroxylation sites is 2. The summed E-state index contributed by atoms with van der Waals surface area (Å²) in [5, 5.41) is 11.5. The molecule has 3 aromatic rings. The number of rotatable bonds is 4. The fourth-order valence-electron chi connectivity index (χ4n) is 4.61. The average Bonchev–Trinajstić information content (AvgIpc) is 3.48. The van der Waals surface area contributed by atoms with E-state index in [9.17, 15) is 4.79 Å². The lowest BCUT2D eigenvalue weighted by molar-refractivity contribution is 0.102. The van der Waals surface area contributed by atoms with Crippen molar-refractivity contribution in [2.75, 3.05) is 36.4 Å². The van der Waals surface area contributed by atoms with Crippen LogP contribution >= 0.6 is 22.7 Å². The summed E-state index contributed by atoms with van der Waals surface area (Å²) < 4.78 is 0. The lowest BCUT2D eigenvalue weighted by atomic mass is 9.73. The number of piperidine rings is 2. The molecule has 2 saturated heterocycles. The van der Waals surface area contributed by atoms with Crippen molar-refractivity contribution in [3.05, 3.63) is 52.9 Å². The Morgan fingerprint density at radius 3 is 2.73 bits per heavy atom. The van der Waals surface area contributed by atoms with E-state index < -0.39 is 0 Å². The predicted octanol–water partition coefficient (Wildman–Crippen LogP) is 5.09. The first kappa shape index (κ1) is 19.7. The summed E-state index contributed by atoms with van der Waals surface area (Å²) in [6.07, 6.45) is 5.04. The van der Waals surface area contributed by atoms with E-state index in [-0.39, 0.29) is 5.91 Å². The molecule has 1 spiro atoms. The quantitative estimate of drug-likeness (QED) is 0.595. The van der Waals surface area contributed by atoms with Crippen LogP contribution in [0.2, 0.25) is 0 Å². The average molecular weight is 439 g/mol. The number of thiophene rings is 1. The van der Waals surface area contributed by atoms with Crippen LogP contribution in [0.4, 0.5) is 11.4 Å². The molecule has 1 amide bonds. The number of benzene rings is 1. The molecule has 0 radical (unpaired) electrons. The van der Waals surface area contributed by atoms with Gasteiger partial charge in [0.2, 0.25) is 0 Å². The number of carbonyl (C=O) groups excluding carboxylic acids is 1. The second kappa shape index (κ2) is 8.49. The highest BCUT2D eigenvalue weighted by atomic mass is 32.1. The lowest BCUT2D eigenvalue weighted by Gasteiger charge is -2.45. The van der Waals surface area contributed by atoms with Crippen molar-refractivity contribution in [3.8, 4) is 9.88 Å². The van der Waals surface area contributed by atoms with Crippen molar-refractivity contribution in [1.29, 1.82) is 0 Å². The van der Waals surface area contributed by atoms with Crippen LogP contribution in [-0.4, -0.2) is 37.1 Å². The fourth-order valence-corrected chi connectivity index (χ4v) is 6.23. The number of thiazole rings is 1. The van der Waals surface area contributed by atoms with Crippen LogP contribution in [0, 0.1) is 5.41 Å². The minimum Gasteiger partial charge on any atom is -0.370 e. The molecule has 0 saturated carbocycles. The number of nitrogens with zero attached hydrogens (tertiary/aromatic N) is 2. The molecule has 30 heavy (non-hydrogen) atoms. The SMILES string of the molecule is O=C(Nc1ccccc1N1CCC2(CCCNC2)CC1)c1csc(-c2cccs2)n1. The van der Waals surface area contributed by atoms with E-state index in [4.69, 9.17) is 0 Å². The minimum absolute atomic E-state index is 0.147. The van der Waals surface area contributed by atoms with Gasteiger partial charge < -0.3 is 15.5 Å². The van der Waals surface area contributed by atoms with Crippen LogP contribution in [0.5, 0.6) is 0 Å². The number of anilines is 2. The van der Waals surface area contributed by atoms with Gasteiger partial charge in [-0.3, -0.25) is 4.79 Å². The van der Waals surface area contributed by atoms with Crippen molar-refractivity contribution in [3.63, 3.8) is 0 Å². The molecule has 7 heteroatoms. The maximum Gasteiger partial charge on any atom is 0.275 e. The molecule has 5 rings (SSSR count). The number of nitrogens with one attached hydrogen (secondary N) is 2. The topological polar surface area (TPSA) is 57.3 Å². The Labute approximate surface area is 185 Å². The van der Waals surface area contributed by atoms with E-state index in [1.54, 1.807) is 11.3 Å². The molecule has 0 atom stereocenters. The van der Waals surface area contributed by atoms with Gasteiger partial charge in [0, 0.05) is 25.0 Å². The standard InChI is InChI=1S/C23H26N4OS2/c28-21(18-15-30-22(26-18)20-7-3-14-29-20)25-17-5-1-2-6-19(17)27-12-9-23(10-13-27)8-4-11-24-16-23/h1-3,5-7,14-15,24H,4,8-13,16H2,(H,25,28). The van der Waals surface area contributed by atoms with Gasteiger partial charge in [-0.2, -0.15) is 0 Å². The maximum absolute atomic E-state index is 12.9. The van der Waals surface area contributed by atoms with Crippen LogP contribution in [-0.2, 0) is 0 Å². The monoisotopic (exact) mass is 438 g/mol. The lowest BCUT2D eigenvalue weighted by Crippen LogP contribution is -2.48. The molecular formula is C23H26N4OS2. The van der Waals surface area contributed by atoms with Crippen molar-refractivity contribution in [2.45, 2.75) is 25.7 Å². The minimum atomic E-state index is -0.147. The first-order valence-corrected chi connectivity index (χ1v) is 12.3. The Morgan fingerprint density at radius 2 is 1.97 bits per heavy atom. The molecule has 0 aliphatic carbocycles. The summed E-state index contributed by atoms with van der Waals surface area (Å²) in [5.74, 6) is -0.147. The molecule has 156 valence electrons. The second-order valence-electron chi connectivity index (χ2n) is 8.25. The van der Waals surface area contributed by atoms with Crippen LogP contribution in [0.1, 0.15) is 36.2 Å². The van der Waals surface area contributed by atoms with Gasteiger partial charge in [0.15, 0.2) is 0 Å². The number of hydrogen-bond donors (Lipinski definition) is 2. The molecule has 2 aliphatic rings. The summed E-state index contributed by atoms with van der Waals surface area (Å²) in [5.41, 5.74) is 2.92. The number of amides is 1. The molecule has 1 aromatic carbocycles. The zero-order valence-corrected chi connectivity index (χ0v) is 18.5. The molecule has 2 aliphatic heterocycles. The Hall–Kier alpha value is -2.22. The normalized spacial score (nSPS) is 18.5. The molecule has 4 heterocycles. The Kier molecular flexibility index (Phi) is 5.58. The van der Waals surface area contributed by atoms with E-state index in [0.717, 1.165) is 47.4 Å². The van der Waals surface area contributed by atoms with E-state index in [1.165, 1.54) is 37.0 Å². The Balaban J connectivity index is 1.29. The first-order chi connectivity index (χ1) is 14.7. The van der Waals surface area contributed by atoms with E-state index >= 15 is 0 Å². The predicted molar refractivity (Wildman–Crippen MR) is 126 cm³/mol. The highest BCUT2D eigenvalue weighted by Crippen LogP contribution is 2.40. The number of hydrogen-bond acceptors (Lipinski definition) is 6.